The van der Waals surface area contributed by atoms with Crippen LogP contribution in [0.5, 0.6) is 0 Å². The Hall–Kier alpha value is -3.26. The third-order valence-electron chi connectivity index (χ3n) is 4.43. The van der Waals surface area contributed by atoms with Crippen LogP contribution < -0.4 is 16.0 Å². The number of aryl methyl sites for hydroxylation is 2. The Bertz CT molecular complexity index is 1080. The summed E-state index contributed by atoms with van der Waals surface area (Å²) in [4.78, 5) is 29.0. The lowest BCUT2D eigenvalue weighted by atomic mass is 10.1. The first kappa shape index (κ1) is 22.4. The number of aromatic nitrogens is 2. The number of imidazole rings is 1. The Morgan fingerprint density at radius 1 is 1.06 bits per heavy atom. The molecule has 0 aliphatic rings. The van der Waals surface area contributed by atoms with Crippen molar-refractivity contribution in [1.29, 1.82) is 0 Å². The summed E-state index contributed by atoms with van der Waals surface area (Å²) in [6.45, 7) is 7.86. The summed E-state index contributed by atoms with van der Waals surface area (Å²) in [6.07, 6.45) is 3.63. The molecule has 0 saturated carbocycles. The normalized spacial score (nSPS) is 10.7. The second-order valence-electron chi connectivity index (χ2n) is 7.51. The number of nitrogens with zero attached hydrogens (tertiary/aromatic N) is 2. The Morgan fingerprint density at radius 2 is 1.77 bits per heavy atom. The van der Waals surface area contributed by atoms with Crippen molar-refractivity contribution in [1.82, 2.24) is 14.9 Å². The maximum Gasteiger partial charge on any atom is 0.319 e. The molecule has 0 radical (unpaired) electrons. The molecule has 2 aromatic carbocycles. The van der Waals surface area contributed by atoms with Gasteiger partial charge in [0.05, 0.1) is 22.8 Å². The minimum absolute atomic E-state index is 0.0129. The molecular formula is C23H27N5O2S. The van der Waals surface area contributed by atoms with Crippen LogP contribution in [0.2, 0.25) is 0 Å². The lowest BCUT2D eigenvalue weighted by molar-refractivity contribution is -0.113. The Labute approximate surface area is 186 Å². The number of thioether (sulfide) groups is 1. The van der Waals surface area contributed by atoms with Gasteiger partial charge in [0.25, 0.3) is 0 Å². The van der Waals surface area contributed by atoms with Crippen molar-refractivity contribution < 1.29 is 9.59 Å². The highest BCUT2D eigenvalue weighted by Crippen LogP contribution is 2.25. The van der Waals surface area contributed by atoms with Crippen molar-refractivity contribution in [3.63, 3.8) is 0 Å². The van der Waals surface area contributed by atoms with Gasteiger partial charge in [0, 0.05) is 18.4 Å². The van der Waals surface area contributed by atoms with Crippen LogP contribution in [0, 0.1) is 13.8 Å². The van der Waals surface area contributed by atoms with Gasteiger partial charge in [-0.3, -0.25) is 9.36 Å². The van der Waals surface area contributed by atoms with Crippen LogP contribution in [0.4, 0.5) is 16.2 Å². The third-order valence-corrected chi connectivity index (χ3v) is 5.40. The van der Waals surface area contributed by atoms with Crippen molar-refractivity contribution in [2.45, 2.75) is 38.9 Å². The lowest BCUT2D eigenvalue weighted by Crippen LogP contribution is -2.34. The molecule has 8 heteroatoms. The van der Waals surface area contributed by atoms with E-state index in [1.807, 2.05) is 37.6 Å². The van der Waals surface area contributed by atoms with Crippen LogP contribution in [-0.4, -0.2) is 33.3 Å². The summed E-state index contributed by atoms with van der Waals surface area (Å²) in [5.41, 5.74) is 4.43. The van der Waals surface area contributed by atoms with Gasteiger partial charge in [0.1, 0.15) is 0 Å². The van der Waals surface area contributed by atoms with Gasteiger partial charge in [0.2, 0.25) is 5.91 Å². The number of rotatable bonds is 7. The van der Waals surface area contributed by atoms with Crippen molar-refractivity contribution in [2.75, 3.05) is 16.4 Å². The zero-order chi connectivity index (χ0) is 22.4. The molecule has 3 rings (SSSR count). The zero-order valence-electron chi connectivity index (χ0n) is 18.1. The molecule has 0 aliphatic heterocycles. The fraction of sp³-hybridized carbons (Fsp3) is 0.261. The molecule has 0 atom stereocenters. The van der Waals surface area contributed by atoms with Gasteiger partial charge >= 0.3 is 6.03 Å². The van der Waals surface area contributed by atoms with Crippen LogP contribution >= 0.6 is 11.8 Å². The summed E-state index contributed by atoms with van der Waals surface area (Å²) in [5.74, 6) is 0.00744. The Kier molecular flexibility index (Phi) is 7.36. The van der Waals surface area contributed by atoms with E-state index in [4.69, 9.17) is 0 Å². The fourth-order valence-electron chi connectivity index (χ4n) is 3.00. The topological polar surface area (TPSA) is 88.1 Å². The first-order valence-corrected chi connectivity index (χ1v) is 11.0. The van der Waals surface area contributed by atoms with E-state index >= 15 is 0 Å². The molecule has 3 amide bonds. The SMILES string of the molecule is Cc1ccc(C)c(-n2ccnc2SCC(=O)Nc2ccccc2NC(=O)NC(C)C)c1. The van der Waals surface area contributed by atoms with Gasteiger partial charge in [-0.05, 0) is 57.0 Å². The molecule has 162 valence electrons. The summed E-state index contributed by atoms with van der Waals surface area (Å²) >= 11 is 1.36. The number of nitrogens with one attached hydrogen (secondary N) is 3. The van der Waals surface area contributed by atoms with Gasteiger partial charge < -0.3 is 16.0 Å². The molecule has 0 unspecified atom stereocenters. The highest BCUT2D eigenvalue weighted by atomic mass is 32.2. The average Bonchev–Trinajstić information content (AvgIpc) is 3.17. The largest absolute Gasteiger partial charge is 0.336 e. The first-order valence-electron chi connectivity index (χ1n) is 10.0. The minimum atomic E-state index is -0.318. The van der Waals surface area contributed by atoms with E-state index in [2.05, 4.69) is 46.1 Å². The number of carbonyl (C=O) groups excluding carboxylic acids is 2. The van der Waals surface area contributed by atoms with Gasteiger partial charge in [-0.15, -0.1) is 0 Å². The van der Waals surface area contributed by atoms with Crippen molar-refractivity contribution in [3.8, 4) is 5.69 Å². The number of benzene rings is 2. The van der Waals surface area contributed by atoms with Crippen LogP contribution in [0.25, 0.3) is 5.69 Å². The second kappa shape index (κ2) is 10.2. The molecule has 0 aliphatic carbocycles. The van der Waals surface area contributed by atoms with E-state index in [0.717, 1.165) is 22.0 Å². The molecular weight excluding hydrogens is 410 g/mol. The number of carbonyl (C=O) groups is 2. The van der Waals surface area contributed by atoms with E-state index in [0.29, 0.717) is 11.4 Å². The molecule has 0 fully saturated rings. The predicted molar refractivity (Wildman–Crippen MR) is 126 cm³/mol. The first-order chi connectivity index (χ1) is 14.8. The van der Waals surface area contributed by atoms with Crippen molar-refractivity contribution in [3.05, 3.63) is 66.0 Å². The molecule has 1 heterocycles. The number of hydrogen-bond donors (Lipinski definition) is 3. The molecule has 7 nitrogen and oxygen atoms in total. The van der Waals surface area contributed by atoms with E-state index in [-0.39, 0.29) is 23.7 Å². The predicted octanol–water partition coefficient (Wildman–Crippen LogP) is 4.75. The smallest absolute Gasteiger partial charge is 0.319 e. The summed E-state index contributed by atoms with van der Waals surface area (Å²) in [5, 5.41) is 9.15. The van der Waals surface area contributed by atoms with E-state index < -0.39 is 0 Å². The summed E-state index contributed by atoms with van der Waals surface area (Å²) in [7, 11) is 0. The molecule has 0 saturated heterocycles. The molecule has 3 N–H and O–H groups in total. The maximum atomic E-state index is 12.6. The second-order valence-corrected chi connectivity index (χ2v) is 8.45. The molecule has 3 aromatic rings. The quantitative estimate of drug-likeness (QED) is 0.466. The summed E-state index contributed by atoms with van der Waals surface area (Å²) < 4.78 is 1.99. The number of amides is 3. The standard InChI is InChI=1S/C23H27N5O2S/c1-15(2)25-22(30)27-19-8-6-5-7-18(19)26-21(29)14-31-23-24-11-12-28(23)20-13-16(3)9-10-17(20)4/h5-13,15H,14H2,1-4H3,(H,26,29)(H2,25,27,30). The van der Waals surface area contributed by atoms with Crippen LogP contribution in [-0.2, 0) is 4.79 Å². The van der Waals surface area contributed by atoms with Gasteiger partial charge in [0.15, 0.2) is 5.16 Å². The van der Waals surface area contributed by atoms with Crippen LogP contribution in [0.15, 0.2) is 60.0 Å². The van der Waals surface area contributed by atoms with E-state index in [9.17, 15) is 9.59 Å². The molecule has 0 bridgehead atoms. The maximum absolute atomic E-state index is 12.6. The highest BCUT2D eigenvalue weighted by molar-refractivity contribution is 7.99. The molecule has 0 spiro atoms. The monoisotopic (exact) mass is 437 g/mol. The molecule has 1 aromatic heterocycles. The fourth-order valence-corrected chi connectivity index (χ4v) is 3.76. The number of para-hydroxylation sites is 2. The van der Waals surface area contributed by atoms with Crippen molar-refractivity contribution in [2.24, 2.45) is 0 Å². The summed E-state index contributed by atoms with van der Waals surface area (Å²) in [6, 6.07) is 13.1. The zero-order valence-corrected chi connectivity index (χ0v) is 18.9. The highest BCUT2D eigenvalue weighted by Gasteiger charge is 2.13. The van der Waals surface area contributed by atoms with E-state index in [1.54, 1.807) is 24.4 Å². The third kappa shape index (κ3) is 6.11. The number of anilines is 2. The lowest BCUT2D eigenvalue weighted by Gasteiger charge is -2.14. The Balaban J connectivity index is 1.66. The van der Waals surface area contributed by atoms with Crippen LogP contribution in [0.1, 0.15) is 25.0 Å². The Morgan fingerprint density at radius 3 is 2.48 bits per heavy atom. The van der Waals surface area contributed by atoms with Gasteiger partial charge in [-0.1, -0.05) is 36.0 Å². The number of hydrogen-bond acceptors (Lipinski definition) is 4. The van der Waals surface area contributed by atoms with Crippen LogP contribution in [0.3, 0.4) is 0 Å². The average molecular weight is 438 g/mol. The van der Waals surface area contributed by atoms with Gasteiger partial charge in [-0.25, -0.2) is 9.78 Å². The number of urea groups is 1. The minimum Gasteiger partial charge on any atom is -0.336 e. The molecule has 31 heavy (non-hydrogen) atoms. The van der Waals surface area contributed by atoms with Gasteiger partial charge in [-0.2, -0.15) is 0 Å². The van der Waals surface area contributed by atoms with Crippen molar-refractivity contribution >= 4 is 35.1 Å². The van der Waals surface area contributed by atoms with E-state index in [1.165, 1.54) is 11.8 Å².